The van der Waals surface area contributed by atoms with Gasteiger partial charge in [-0.25, -0.2) is 0 Å². The molecule has 17 heavy (non-hydrogen) atoms. The van der Waals surface area contributed by atoms with E-state index < -0.39 is 0 Å². The lowest BCUT2D eigenvalue weighted by Crippen LogP contribution is -2.39. The Morgan fingerprint density at radius 2 is 1.94 bits per heavy atom. The molecule has 2 rings (SSSR count). The van der Waals surface area contributed by atoms with Crippen LogP contribution in [0.4, 0.5) is 0 Å². The summed E-state index contributed by atoms with van der Waals surface area (Å²) in [5.74, 6) is 1.87. The van der Waals surface area contributed by atoms with Crippen molar-refractivity contribution in [2.45, 2.75) is 51.9 Å². The van der Waals surface area contributed by atoms with Gasteiger partial charge >= 0.3 is 0 Å². The van der Waals surface area contributed by atoms with E-state index in [1.165, 1.54) is 77.7 Å². The average molecular weight is 238 g/mol. The van der Waals surface area contributed by atoms with Crippen LogP contribution in [0.25, 0.3) is 0 Å². The zero-order valence-corrected chi connectivity index (χ0v) is 11.6. The van der Waals surface area contributed by atoms with Crippen molar-refractivity contribution in [1.82, 2.24) is 10.2 Å². The van der Waals surface area contributed by atoms with E-state index in [2.05, 4.69) is 17.1 Å². The van der Waals surface area contributed by atoms with Gasteiger partial charge in [-0.15, -0.1) is 0 Å². The number of hydrogen-bond donors (Lipinski definition) is 1. The van der Waals surface area contributed by atoms with Crippen LogP contribution in [0.3, 0.4) is 0 Å². The van der Waals surface area contributed by atoms with E-state index in [0.717, 1.165) is 11.8 Å². The van der Waals surface area contributed by atoms with Crippen molar-refractivity contribution in [2.24, 2.45) is 11.8 Å². The Hall–Kier alpha value is -0.0800. The van der Waals surface area contributed by atoms with Crippen LogP contribution in [-0.2, 0) is 0 Å². The molecule has 0 aromatic heterocycles. The van der Waals surface area contributed by atoms with Crippen LogP contribution in [-0.4, -0.2) is 37.6 Å². The molecule has 0 aromatic carbocycles. The number of nitrogens with zero attached hydrogens (tertiary/aromatic N) is 1. The van der Waals surface area contributed by atoms with Gasteiger partial charge in [0.25, 0.3) is 0 Å². The van der Waals surface area contributed by atoms with E-state index in [9.17, 15) is 0 Å². The van der Waals surface area contributed by atoms with E-state index in [1.54, 1.807) is 0 Å². The zero-order valence-electron chi connectivity index (χ0n) is 11.6. The normalized spacial score (nSPS) is 29.8. The van der Waals surface area contributed by atoms with Crippen molar-refractivity contribution in [2.75, 3.05) is 32.7 Å². The second-order valence-electron chi connectivity index (χ2n) is 6.26. The van der Waals surface area contributed by atoms with Crippen LogP contribution in [0.1, 0.15) is 51.9 Å². The topological polar surface area (TPSA) is 15.3 Å². The van der Waals surface area contributed by atoms with Crippen LogP contribution >= 0.6 is 0 Å². The molecule has 1 unspecified atom stereocenters. The fourth-order valence-electron chi connectivity index (χ4n) is 3.42. The van der Waals surface area contributed by atoms with Crippen molar-refractivity contribution >= 4 is 0 Å². The summed E-state index contributed by atoms with van der Waals surface area (Å²) in [7, 11) is 0. The molecular formula is C15H30N2. The summed E-state index contributed by atoms with van der Waals surface area (Å²) in [6.45, 7) is 8.77. The van der Waals surface area contributed by atoms with Gasteiger partial charge in [-0.3, -0.25) is 0 Å². The van der Waals surface area contributed by atoms with Crippen LogP contribution in [0.5, 0.6) is 0 Å². The van der Waals surface area contributed by atoms with E-state index >= 15 is 0 Å². The van der Waals surface area contributed by atoms with Crippen LogP contribution in [0, 0.1) is 11.8 Å². The quantitative estimate of drug-likeness (QED) is 0.813. The lowest BCUT2D eigenvalue weighted by molar-refractivity contribution is 0.193. The highest BCUT2D eigenvalue weighted by atomic mass is 15.1. The third kappa shape index (κ3) is 4.97. The summed E-state index contributed by atoms with van der Waals surface area (Å²) in [5, 5.41) is 3.54. The van der Waals surface area contributed by atoms with Gasteiger partial charge in [0.05, 0.1) is 0 Å². The predicted octanol–water partition coefficient (Wildman–Crippen LogP) is 2.89. The molecule has 1 aliphatic carbocycles. The fraction of sp³-hybridized carbons (Fsp3) is 1.00. The maximum atomic E-state index is 3.54. The van der Waals surface area contributed by atoms with Crippen molar-refractivity contribution < 1.29 is 0 Å². The zero-order chi connectivity index (χ0) is 11.9. The molecule has 0 radical (unpaired) electrons. The van der Waals surface area contributed by atoms with Gasteiger partial charge in [-0.2, -0.15) is 0 Å². The molecule has 100 valence electrons. The highest BCUT2D eigenvalue weighted by Crippen LogP contribution is 2.26. The Bertz CT molecular complexity index is 199. The smallest absolute Gasteiger partial charge is 0.00192 e. The Morgan fingerprint density at radius 1 is 1.12 bits per heavy atom. The van der Waals surface area contributed by atoms with Gasteiger partial charge < -0.3 is 10.2 Å². The van der Waals surface area contributed by atoms with E-state index in [4.69, 9.17) is 0 Å². The van der Waals surface area contributed by atoms with Crippen LogP contribution < -0.4 is 5.32 Å². The fourth-order valence-corrected chi connectivity index (χ4v) is 3.42. The number of hydrogen-bond acceptors (Lipinski definition) is 2. The van der Waals surface area contributed by atoms with Crippen molar-refractivity contribution in [3.05, 3.63) is 0 Å². The van der Waals surface area contributed by atoms with Crippen molar-refractivity contribution in [3.8, 4) is 0 Å². The van der Waals surface area contributed by atoms with E-state index in [0.29, 0.717) is 0 Å². The lowest BCUT2D eigenvalue weighted by atomic mass is 9.87. The number of nitrogens with one attached hydrogen (secondary N) is 1. The highest BCUT2D eigenvalue weighted by Gasteiger charge is 2.17. The maximum absolute atomic E-state index is 3.54. The largest absolute Gasteiger partial charge is 0.316 e. The molecule has 0 amide bonds. The van der Waals surface area contributed by atoms with Gasteiger partial charge in [0.15, 0.2) is 0 Å². The molecule has 2 heteroatoms. The Morgan fingerprint density at radius 3 is 2.76 bits per heavy atom. The lowest BCUT2D eigenvalue weighted by Gasteiger charge is -2.30. The molecule has 1 saturated carbocycles. The predicted molar refractivity (Wildman–Crippen MR) is 74.3 cm³/mol. The Kier molecular flexibility index (Phi) is 5.79. The van der Waals surface area contributed by atoms with E-state index in [1.807, 2.05) is 0 Å². The first-order valence-electron chi connectivity index (χ1n) is 7.77. The Labute approximate surface area is 107 Å². The van der Waals surface area contributed by atoms with Crippen LogP contribution in [0.15, 0.2) is 0 Å². The molecule has 2 aliphatic rings. The summed E-state index contributed by atoms with van der Waals surface area (Å²) in [6, 6.07) is 0. The molecule has 1 N–H and O–H groups in total. The third-order valence-electron chi connectivity index (χ3n) is 4.47. The van der Waals surface area contributed by atoms with Gasteiger partial charge in [0.1, 0.15) is 0 Å². The molecular weight excluding hydrogens is 208 g/mol. The maximum Gasteiger partial charge on any atom is 0.00192 e. The van der Waals surface area contributed by atoms with Crippen molar-refractivity contribution in [1.29, 1.82) is 0 Å². The molecule has 2 nitrogen and oxygen atoms in total. The summed E-state index contributed by atoms with van der Waals surface area (Å²) in [5.41, 5.74) is 0. The summed E-state index contributed by atoms with van der Waals surface area (Å²) in [4.78, 5) is 2.72. The standard InChI is InChI=1S/C15H30N2/c1-14-12-16-9-5-10-17(13-14)11-8-15-6-3-2-4-7-15/h14-16H,2-13H2,1H3. The molecule has 0 spiro atoms. The SMILES string of the molecule is CC1CNCCCN(CCC2CCCCC2)C1. The third-order valence-corrected chi connectivity index (χ3v) is 4.47. The molecule has 1 atom stereocenters. The summed E-state index contributed by atoms with van der Waals surface area (Å²) >= 11 is 0. The molecule has 0 bridgehead atoms. The monoisotopic (exact) mass is 238 g/mol. The molecule has 1 aliphatic heterocycles. The summed E-state index contributed by atoms with van der Waals surface area (Å²) < 4.78 is 0. The minimum Gasteiger partial charge on any atom is -0.316 e. The minimum absolute atomic E-state index is 0.821. The number of rotatable bonds is 3. The molecule has 0 aromatic rings. The molecule has 2 fully saturated rings. The van der Waals surface area contributed by atoms with Gasteiger partial charge in [-0.1, -0.05) is 39.0 Å². The average Bonchev–Trinajstić information content (AvgIpc) is 2.33. The first kappa shape index (κ1) is 13.4. The second kappa shape index (κ2) is 7.38. The molecule has 1 heterocycles. The molecule has 1 saturated heterocycles. The Balaban J connectivity index is 1.68. The highest BCUT2D eigenvalue weighted by molar-refractivity contribution is 4.72. The summed E-state index contributed by atoms with van der Waals surface area (Å²) in [6.07, 6.45) is 10.3. The van der Waals surface area contributed by atoms with E-state index in [-0.39, 0.29) is 0 Å². The first-order valence-corrected chi connectivity index (χ1v) is 7.77. The van der Waals surface area contributed by atoms with Gasteiger partial charge in [-0.05, 0) is 50.9 Å². The van der Waals surface area contributed by atoms with Crippen molar-refractivity contribution in [3.63, 3.8) is 0 Å². The van der Waals surface area contributed by atoms with Crippen LogP contribution in [0.2, 0.25) is 0 Å². The van der Waals surface area contributed by atoms with Gasteiger partial charge in [0, 0.05) is 6.54 Å². The second-order valence-corrected chi connectivity index (χ2v) is 6.26. The first-order chi connectivity index (χ1) is 8.34. The van der Waals surface area contributed by atoms with Gasteiger partial charge in [0.2, 0.25) is 0 Å². The minimum atomic E-state index is 0.821.